The summed E-state index contributed by atoms with van der Waals surface area (Å²) < 4.78 is 5.23. The largest absolute Gasteiger partial charge is 0.489 e. The molecule has 5 nitrogen and oxygen atoms in total. The van der Waals surface area contributed by atoms with E-state index in [1.165, 1.54) is 0 Å². The topological polar surface area (TPSA) is 74.6 Å². The molecule has 1 aromatic heterocycles. The summed E-state index contributed by atoms with van der Waals surface area (Å²) in [6.45, 7) is 3.45. The summed E-state index contributed by atoms with van der Waals surface area (Å²) in [7, 11) is 0. The summed E-state index contributed by atoms with van der Waals surface area (Å²) in [5.74, 6) is 0.591. The van der Waals surface area contributed by atoms with Crippen LogP contribution in [-0.2, 0) is 6.54 Å². The van der Waals surface area contributed by atoms with Gasteiger partial charge in [-0.05, 0) is 18.7 Å². The van der Waals surface area contributed by atoms with E-state index in [-0.39, 0.29) is 13.2 Å². The SMILES string of the molecule is CCNCc1ccc(OCC(O)CO)cn1. The Labute approximate surface area is 95.1 Å². The van der Waals surface area contributed by atoms with Crippen molar-refractivity contribution in [1.29, 1.82) is 0 Å². The fourth-order valence-electron chi connectivity index (χ4n) is 1.10. The first-order chi connectivity index (χ1) is 7.76. The predicted molar refractivity (Wildman–Crippen MR) is 60.2 cm³/mol. The Morgan fingerprint density at radius 3 is 2.88 bits per heavy atom. The molecule has 5 heteroatoms. The summed E-state index contributed by atoms with van der Waals surface area (Å²) in [6, 6.07) is 3.66. The van der Waals surface area contributed by atoms with E-state index < -0.39 is 6.10 Å². The standard InChI is InChI=1S/C11H18N2O3/c1-2-12-5-9-3-4-11(6-13-9)16-8-10(15)7-14/h3-4,6,10,12,14-15H,2,5,7-8H2,1H3. The minimum atomic E-state index is -0.846. The summed E-state index contributed by atoms with van der Waals surface area (Å²) in [5, 5.41) is 20.9. The van der Waals surface area contributed by atoms with Gasteiger partial charge in [-0.25, -0.2) is 0 Å². The smallest absolute Gasteiger partial charge is 0.137 e. The van der Waals surface area contributed by atoms with Crippen LogP contribution in [-0.4, -0.2) is 41.1 Å². The number of ether oxygens (including phenoxy) is 1. The Kier molecular flexibility index (Phi) is 5.77. The first-order valence-corrected chi connectivity index (χ1v) is 5.33. The molecule has 0 aliphatic rings. The Bertz CT molecular complexity index is 290. The molecule has 0 amide bonds. The Balaban J connectivity index is 2.38. The van der Waals surface area contributed by atoms with Crippen LogP contribution in [0.15, 0.2) is 18.3 Å². The Morgan fingerprint density at radius 2 is 2.31 bits per heavy atom. The Morgan fingerprint density at radius 1 is 1.50 bits per heavy atom. The quantitative estimate of drug-likeness (QED) is 0.606. The lowest BCUT2D eigenvalue weighted by Crippen LogP contribution is -2.21. The van der Waals surface area contributed by atoms with Gasteiger partial charge in [0.05, 0.1) is 18.5 Å². The zero-order chi connectivity index (χ0) is 11.8. The number of nitrogens with one attached hydrogen (secondary N) is 1. The van der Waals surface area contributed by atoms with Gasteiger partial charge < -0.3 is 20.3 Å². The van der Waals surface area contributed by atoms with Crippen LogP contribution in [0.25, 0.3) is 0 Å². The van der Waals surface area contributed by atoms with Gasteiger partial charge in [0.15, 0.2) is 0 Å². The van der Waals surface area contributed by atoms with Gasteiger partial charge in [-0.3, -0.25) is 4.98 Å². The van der Waals surface area contributed by atoms with Crippen molar-refractivity contribution >= 4 is 0 Å². The fraction of sp³-hybridized carbons (Fsp3) is 0.545. The van der Waals surface area contributed by atoms with Gasteiger partial charge in [-0.1, -0.05) is 6.92 Å². The van der Waals surface area contributed by atoms with Crippen molar-refractivity contribution in [2.24, 2.45) is 0 Å². The van der Waals surface area contributed by atoms with E-state index in [1.807, 2.05) is 13.0 Å². The number of aliphatic hydroxyl groups excluding tert-OH is 2. The van der Waals surface area contributed by atoms with Gasteiger partial charge in [0, 0.05) is 6.54 Å². The van der Waals surface area contributed by atoms with Gasteiger partial charge in [0.2, 0.25) is 0 Å². The minimum Gasteiger partial charge on any atom is -0.489 e. The molecule has 0 radical (unpaired) electrons. The number of rotatable bonds is 7. The molecule has 0 bridgehead atoms. The van der Waals surface area contributed by atoms with Crippen molar-refractivity contribution in [2.45, 2.75) is 19.6 Å². The predicted octanol–water partition coefficient (Wildman–Crippen LogP) is -0.0769. The molecule has 1 unspecified atom stereocenters. The highest BCUT2D eigenvalue weighted by atomic mass is 16.5. The van der Waals surface area contributed by atoms with Crippen molar-refractivity contribution < 1.29 is 14.9 Å². The summed E-state index contributed by atoms with van der Waals surface area (Å²) in [4.78, 5) is 4.19. The molecule has 1 heterocycles. The molecule has 1 rings (SSSR count). The minimum absolute atomic E-state index is 0.0741. The molecule has 0 aliphatic carbocycles. The van der Waals surface area contributed by atoms with Crippen LogP contribution in [0.2, 0.25) is 0 Å². The lowest BCUT2D eigenvalue weighted by molar-refractivity contribution is 0.0535. The summed E-state index contributed by atoms with van der Waals surface area (Å²) in [6.07, 6.45) is 0.762. The second-order valence-electron chi connectivity index (χ2n) is 3.41. The summed E-state index contributed by atoms with van der Waals surface area (Å²) in [5.41, 5.74) is 0.942. The van der Waals surface area contributed by atoms with Crippen LogP contribution in [0, 0.1) is 0 Å². The van der Waals surface area contributed by atoms with E-state index in [9.17, 15) is 0 Å². The van der Waals surface area contributed by atoms with Gasteiger partial charge in [-0.15, -0.1) is 0 Å². The van der Waals surface area contributed by atoms with Crippen molar-refractivity contribution in [3.63, 3.8) is 0 Å². The molecule has 0 spiro atoms. The summed E-state index contributed by atoms with van der Waals surface area (Å²) >= 11 is 0. The fourth-order valence-corrected chi connectivity index (χ4v) is 1.10. The van der Waals surface area contributed by atoms with Crippen LogP contribution >= 0.6 is 0 Å². The average Bonchev–Trinajstić information content (AvgIpc) is 2.34. The number of pyridine rings is 1. The zero-order valence-corrected chi connectivity index (χ0v) is 9.39. The highest BCUT2D eigenvalue weighted by Crippen LogP contribution is 2.09. The number of aromatic nitrogens is 1. The molecule has 0 saturated carbocycles. The van der Waals surface area contributed by atoms with Crippen LogP contribution in [0.1, 0.15) is 12.6 Å². The van der Waals surface area contributed by atoms with Crippen molar-refractivity contribution in [3.05, 3.63) is 24.0 Å². The Hall–Kier alpha value is -1.17. The third-order valence-electron chi connectivity index (χ3n) is 2.01. The lowest BCUT2D eigenvalue weighted by Gasteiger charge is -2.09. The van der Waals surface area contributed by atoms with Crippen LogP contribution in [0.4, 0.5) is 0 Å². The number of aliphatic hydroxyl groups is 2. The molecule has 3 N–H and O–H groups in total. The molecular weight excluding hydrogens is 208 g/mol. The number of nitrogens with zero attached hydrogens (tertiary/aromatic N) is 1. The van der Waals surface area contributed by atoms with E-state index in [0.29, 0.717) is 5.75 Å². The van der Waals surface area contributed by atoms with Crippen LogP contribution in [0.3, 0.4) is 0 Å². The average molecular weight is 226 g/mol. The molecule has 0 saturated heterocycles. The van der Waals surface area contributed by atoms with E-state index >= 15 is 0 Å². The normalized spacial score (nSPS) is 12.4. The first-order valence-electron chi connectivity index (χ1n) is 5.33. The number of hydrogen-bond donors (Lipinski definition) is 3. The molecule has 0 aromatic carbocycles. The highest BCUT2D eigenvalue weighted by Gasteiger charge is 2.03. The molecule has 16 heavy (non-hydrogen) atoms. The second-order valence-corrected chi connectivity index (χ2v) is 3.41. The molecule has 1 atom stereocenters. The maximum Gasteiger partial charge on any atom is 0.137 e. The maximum atomic E-state index is 9.08. The molecule has 0 fully saturated rings. The maximum absolute atomic E-state index is 9.08. The van der Waals surface area contributed by atoms with Gasteiger partial charge in [0.25, 0.3) is 0 Å². The van der Waals surface area contributed by atoms with Gasteiger partial charge >= 0.3 is 0 Å². The van der Waals surface area contributed by atoms with E-state index in [0.717, 1.165) is 18.8 Å². The lowest BCUT2D eigenvalue weighted by atomic mass is 10.3. The third kappa shape index (κ3) is 4.57. The van der Waals surface area contributed by atoms with Crippen molar-refractivity contribution in [2.75, 3.05) is 19.8 Å². The third-order valence-corrected chi connectivity index (χ3v) is 2.01. The molecular formula is C11H18N2O3. The van der Waals surface area contributed by atoms with Crippen LogP contribution < -0.4 is 10.1 Å². The van der Waals surface area contributed by atoms with E-state index in [4.69, 9.17) is 14.9 Å². The molecule has 90 valence electrons. The molecule has 1 aromatic rings. The highest BCUT2D eigenvalue weighted by molar-refractivity contribution is 5.19. The first kappa shape index (κ1) is 12.9. The van der Waals surface area contributed by atoms with E-state index in [1.54, 1.807) is 12.3 Å². The van der Waals surface area contributed by atoms with Gasteiger partial charge in [-0.2, -0.15) is 0 Å². The molecule has 0 aliphatic heterocycles. The van der Waals surface area contributed by atoms with E-state index in [2.05, 4.69) is 10.3 Å². The number of hydrogen-bond acceptors (Lipinski definition) is 5. The van der Waals surface area contributed by atoms with Gasteiger partial charge in [0.1, 0.15) is 18.5 Å². The van der Waals surface area contributed by atoms with Crippen molar-refractivity contribution in [1.82, 2.24) is 10.3 Å². The monoisotopic (exact) mass is 226 g/mol. The van der Waals surface area contributed by atoms with Crippen molar-refractivity contribution in [3.8, 4) is 5.75 Å². The van der Waals surface area contributed by atoms with Crippen LogP contribution in [0.5, 0.6) is 5.75 Å². The zero-order valence-electron chi connectivity index (χ0n) is 9.39. The second kappa shape index (κ2) is 7.16.